The van der Waals surface area contributed by atoms with Crippen molar-refractivity contribution in [2.45, 2.75) is 11.6 Å². The molecule has 5 N–H and O–H groups in total. The number of amidine groups is 1. The normalized spacial score (nSPS) is 10.8. The summed E-state index contributed by atoms with van der Waals surface area (Å²) in [6.07, 6.45) is 1.41. The molecule has 4 aromatic rings. The predicted molar refractivity (Wildman–Crippen MR) is 135 cm³/mol. The summed E-state index contributed by atoms with van der Waals surface area (Å²) in [6.45, 7) is 0.315. The minimum absolute atomic E-state index is 0. The van der Waals surface area contributed by atoms with Crippen LogP contribution in [0.5, 0.6) is 0 Å². The summed E-state index contributed by atoms with van der Waals surface area (Å²) in [7, 11) is -3.82. The van der Waals surface area contributed by atoms with Crippen molar-refractivity contribution in [1.82, 2.24) is 10.3 Å². The second kappa shape index (κ2) is 10.3. The first-order valence-electron chi connectivity index (χ1n) is 10.0. The number of halogens is 1. The average molecular weight is 496 g/mol. The van der Waals surface area contributed by atoms with Gasteiger partial charge in [-0.05, 0) is 46.7 Å². The standard InChI is InChI=1S/C24H21N5O3S.ClH/c25-23(26)17-9-7-16(8-10-17)15-28-24(30)21-5-3-4-18-14-19(11-12-20(18)21)29-33(31,32)22-6-1-2-13-27-22;/h1-14,29H,15H2,(H3,25,26)(H,28,30);1H. The zero-order valence-electron chi connectivity index (χ0n) is 17.9. The maximum absolute atomic E-state index is 12.8. The highest BCUT2D eigenvalue weighted by Crippen LogP contribution is 2.24. The Morgan fingerprint density at radius 1 is 0.971 bits per heavy atom. The van der Waals surface area contributed by atoms with E-state index < -0.39 is 10.0 Å². The van der Waals surface area contributed by atoms with Gasteiger partial charge >= 0.3 is 0 Å². The van der Waals surface area contributed by atoms with Crippen LogP contribution in [0.2, 0.25) is 0 Å². The summed E-state index contributed by atoms with van der Waals surface area (Å²) in [5, 5.41) is 11.7. The molecule has 0 aliphatic heterocycles. The van der Waals surface area contributed by atoms with Crippen molar-refractivity contribution in [3.05, 3.63) is 102 Å². The molecule has 0 unspecified atom stereocenters. The van der Waals surface area contributed by atoms with Gasteiger partial charge in [0.2, 0.25) is 0 Å². The highest BCUT2D eigenvalue weighted by atomic mass is 35.5. The molecule has 10 heteroatoms. The number of carbonyl (C=O) groups is 1. The highest BCUT2D eigenvalue weighted by molar-refractivity contribution is 7.92. The number of nitrogens with two attached hydrogens (primary N) is 1. The minimum Gasteiger partial charge on any atom is -0.384 e. The SMILES string of the molecule is Cl.N=C(N)c1ccc(CNC(=O)c2cccc3cc(NS(=O)(=O)c4ccccn4)ccc23)cc1. The molecule has 0 spiro atoms. The lowest BCUT2D eigenvalue weighted by atomic mass is 10.0. The van der Waals surface area contributed by atoms with Crippen LogP contribution < -0.4 is 15.8 Å². The summed E-state index contributed by atoms with van der Waals surface area (Å²) in [4.78, 5) is 16.7. The second-order valence-electron chi connectivity index (χ2n) is 7.31. The van der Waals surface area contributed by atoms with Gasteiger partial charge in [-0.15, -0.1) is 12.4 Å². The van der Waals surface area contributed by atoms with Gasteiger partial charge in [0, 0.05) is 29.6 Å². The lowest BCUT2D eigenvalue weighted by molar-refractivity contribution is 0.0952. The Morgan fingerprint density at radius 2 is 1.74 bits per heavy atom. The third kappa shape index (κ3) is 5.51. The van der Waals surface area contributed by atoms with Crippen molar-refractivity contribution < 1.29 is 13.2 Å². The number of hydrogen-bond donors (Lipinski definition) is 4. The number of carbonyl (C=O) groups excluding carboxylic acids is 1. The monoisotopic (exact) mass is 495 g/mol. The van der Waals surface area contributed by atoms with Gasteiger partial charge in [-0.2, -0.15) is 8.42 Å². The van der Waals surface area contributed by atoms with Crippen LogP contribution in [-0.2, 0) is 16.6 Å². The van der Waals surface area contributed by atoms with Crippen LogP contribution in [-0.4, -0.2) is 25.1 Å². The minimum atomic E-state index is -3.82. The van der Waals surface area contributed by atoms with Crippen LogP contribution in [0.1, 0.15) is 21.5 Å². The molecule has 0 fully saturated rings. The zero-order chi connectivity index (χ0) is 23.4. The maximum atomic E-state index is 12.8. The van der Waals surface area contributed by atoms with Crippen LogP contribution in [0.15, 0.2) is 90.1 Å². The van der Waals surface area contributed by atoms with Crippen LogP contribution in [0.3, 0.4) is 0 Å². The molecule has 1 amide bonds. The predicted octanol–water partition coefficient (Wildman–Crippen LogP) is 3.67. The van der Waals surface area contributed by atoms with Gasteiger partial charge in [-0.1, -0.05) is 48.5 Å². The maximum Gasteiger partial charge on any atom is 0.279 e. The van der Waals surface area contributed by atoms with E-state index in [9.17, 15) is 13.2 Å². The second-order valence-corrected chi connectivity index (χ2v) is 8.94. The number of pyridine rings is 1. The Kier molecular flexibility index (Phi) is 7.50. The number of nitrogens with one attached hydrogen (secondary N) is 3. The number of fused-ring (bicyclic) bond motifs is 1. The van der Waals surface area contributed by atoms with Crippen molar-refractivity contribution in [1.29, 1.82) is 5.41 Å². The number of hydrogen-bond acceptors (Lipinski definition) is 5. The molecular formula is C24H22ClN5O3S. The number of aromatic nitrogens is 1. The van der Waals surface area contributed by atoms with Gasteiger partial charge < -0.3 is 11.1 Å². The molecule has 0 radical (unpaired) electrons. The van der Waals surface area contributed by atoms with Gasteiger partial charge in [0.25, 0.3) is 15.9 Å². The van der Waals surface area contributed by atoms with E-state index in [-0.39, 0.29) is 29.2 Å². The molecule has 4 rings (SSSR count). The zero-order valence-corrected chi connectivity index (χ0v) is 19.5. The van der Waals surface area contributed by atoms with Gasteiger partial charge in [0.15, 0.2) is 5.03 Å². The molecule has 34 heavy (non-hydrogen) atoms. The summed E-state index contributed by atoms with van der Waals surface area (Å²) >= 11 is 0. The van der Waals surface area contributed by atoms with Crippen molar-refractivity contribution in [2.24, 2.45) is 5.73 Å². The number of nitrogens with zero attached hydrogens (tertiary/aromatic N) is 1. The fraction of sp³-hybridized carbons (Fsp3) is 0.0417. The number of rotatable bonds is 7. The van der Waals surface area contributed by atoms with E-state index in [1.165, 1.54) is 12.3 Å². The third-order valence-corrected chi connectivity index (χ3v) is 6.30. The van der Waals surface area contributed by atoms with E-state index in [2.05, 4.69) is 15.0 Å². The van der Waals surface area contributed by atoms with Crippen LogP contribution in [0.4, 0.5) is 5.69 Å². The molecule has 0 bridgehead atoms. The molecule has 0 saturated heterocycles. The fourth-order valence-electron chi connectivity index (χ4n) is 3.34. The van der Waals surface area contributed by atoms with Gasteiger partial charge in [-0.3, -0.25) is 14.9 Å². The van der Waals surface area contributed by atoms with E-state index in [1.54, 1.807) is 66.7 Å². The number of amides is 1. The Labute approximate surface area is 203 Å². The molecular weight excluding hydrogens is 474 g/mol. The molecule has 8 nitrogen and oxygen atoms in total. The Hall–Kier alpha value is -3.95. The molecule has 0 atom stereocenters. The fourth-order valence-corrected chi connectivity index (χ4v) is 4.34. The lowest BCUT2D eigenvalue weighted by Crippen LogP contribution is -2.23. The summed E-state index contributed by atoms with van der Waals surface area (Å²) in [6, 6.07) is 22.0. The van der Waals surface area contributed by atoms with E-state index in [1.807, 2.05) is 6.07 Å². The molecule has 174 valence electrons. The topological polar surface area (TPSA) is 138 Å². The summed E-state index contributed by atoms with van der Waals surface area (Å²) in [5.41, 5.74) is 7.81. The van der Waals surface area contributed by atoms with Crippen LogP contribution in [0, 0.1) is 5.41 Å². The quantitative estimate of drug-likeness (QED) is 0.229. The van der Waals surface area contributed by atoms with E-state index >= 15 is 0 Å². The van der Waals surface area contributed by atoms with Gasteiger partial charge in [-0.25, -0.2) is 4.98 Å². The molecule has 1 aromatic heterocycles. The Balaban J connectivity index is 0.00000324. The highest BCUT2D eigenvalue weighted by Gasteiger charge is 2.16. The molecule has 0 saturated carbocycles. The summed E-state index contributed by atoms with van der Waals surface area (Å²) in [5.74, 6) is -0.263. The van der Waals surface area contributed by atoms with Gasteiger partial charge in [0.1, 0.15) is 5.84 Å². The Bertz CT molecular complexity index is 1440. The number of nitrogen functional groups attached to an aromatic ring is 1. The number of anilines is 1. The van der Waals surface area contributed by atoms with Crippen LogP contribution in [0.25, 0.3) is 10.8 Å². The summed E-state index contributed by atoms with van der Waals surface area (Å²) < 4.78 is 27.6. The third-order valence-electron chi connectivity index (χ3n) is 5.01. The first kappa shape index (κ1) is 24.7. The van der Waals surface area contributed by atoms with Crippen molar-refractivity contribution in [3.63, 3.8) is 0 Å². The molecule has 3 aromatic carbocycles. The first-order valence-corrected chi connectivity index (χ1v) is 11.5. The lowest BCUT2D eigenvalue weighted by Gasteiger charge is -2.11. The first-order chi connectivity index (χ1) is 15.8. The van der Waals surface area contributed by atoms with Crippen LogP contribution >= 0.6 is 12.4 Å². The van der Waals surface area contributed by atoms with Gasteiger partial charge in [0.05, 0.1) is 0 Å². The van der Waals surface area contributed by atoms with Crippen molar-refractivity contribution in [3.8, 4) is 0 Å². The molecule has 1 heterocycles. The van der Waals surface area contributed by atoms with Crippen molar-refractivity contribution >= 4 is 50.6 Å². The van der Waals surface area contributed by atoms with E-state index in [0.717, 1.165) is 10.9 Å². The smallest absolute Gasteiger partial charge is 0.279 e. The van der Waals surface area contributed by atoms with E-state index in [4.69, 9.17) is 11.1 Å². The van der Waals surface area contributed by atoms with E-state index in [0.29, 0.717) is 28.7 Å². The number of benzene rings is 3. The molecule has 0 aliphatic rings. The average Bonchev–Trinajstić information content (AvgIpc) is 2.82. The largest absolute Gasteiger partial charge is 0.384 e. The Morgan fingerprint density at radius 3 is 2.41 bits per heavy atom. The molecule has 0 aliphatic carbocycles. The van der Waals surface area contributed by atoms with Crippen molar-refractivity contribution in [2.75, 3.05) is 4.72 Å². The number of sulfonamides is 1.